The number of thioether (sulfide) groups is 1. The highest BCUT2D eigenvalue weighted by molar-refractivity contribution is 7.99. The molecule has 0 spiro atoms. The van der Waals surface area contributed by atoms with Crippen molar-refractivity contribution in [2.75, 3.05) is 6.26 Å². The lowest BCUT2D eigenvalue weighted by Crippen LogP contribution is -2.36. The maximum Gasteiger partial charge on any atom is 0.165 e. The van der Waals surface area contributed by atoms with Crippen molar-refractivity contribution in [1.82, 2.24) is 25.5 Å². The van der Waals surface area contributed by atoms with Crippen LogP contribution in [0.15, 0.2) is 0 Å². The Morgan fingerprint density at radius 2 is 2.17 bits per heavy atom. The van der Waals surface area contributed by atoms with Gasteiger partial charge in [-0.15, -0.1) is 5.10 Å². The van der Waals surface area contributed by atoms with Gasteiger partial charge in [0, 0.05) is 10.8 Å². The van der Waals surface area contributed by atoms with Crippen LogP contribution >= 0.6 is 11.8 Å². The zero-order valence-electron chi connectivity index (χ0n) is 11.7. The number of nitrogens with one attached hydrogen (secondary N) is 1. The lowest BCUT2D eigenvalue weighted by atomic mass is 10.1. The third kappa shape index (κ3) is 3.23. The van der Waals surface area contributed by atoms with Crippen molar-refractivity contribution in [2.45, 2.75) is 63.4 Å². The molecule has 1 aromatic heterocycles. The van der Waals surface area contributed by atoms with Crippen LogP contribution in [0.1, 0.15) is 51.9 Å². The SMILES string of the molecule is CSC1CCCC1n1nnnc1CNC(C)(C)C. The van der Waals surface area contributed by atoms with Crippen molar-refractivity contribution in [3.63, 3.8) is 0 Å². The van der Waals surface area contributed by atoms with Crippen LogP contribution in [0.5, 0.6) is 0 Å². The molecule has 1 fully saturated rings. The van der Waals surface area contributed by atoms with Gasteiger partial charge in [-0.25, -0.2) is 4.68 Å². The van der Waals surface area contributed by atoms with Crippen LogP contribution in [-0.4, -0.2) is 37.3 Å². The summed E-state index contributed by atoms with van der Waals surface area (Å²) in [4.78, 5) is 0. The molecule has 0 aliphatic heterocycles. The minimum absolute atomic E-state index is 0.0887. The van der Waals surface area contributed by atoms with Gasteiger partial charge in [0.15, 0.2) is 5.82 Å². The second-order valence-electron chi connectivity index (χ2n) is 5.92. The summed E-state index contributed by atoms with van der Waals surface area (Å²) in [5.74, 6) is 0.955. The van der Waals surface area contributed by atoms with Gasteiger partial charge < -0.3 is 5.32 Å². The van der Waals surface area contributed by atoms with Gasteiger partial charge in [0.25, 0.3) is 0 Å². The van der Waals surface area contributed by atoms with E-state index in [1.54, 1.807) is 0 Å². The van der Waals surface area contributed by atoms with E-state index in [1.807, 2.05) is 16.4 Å². The molecule has 5 nitrogen and oxygen atoms in total. The second kappa shape index (κ2) is 5.57. The first-order valence-corrected chi connectivity index (χ1v) is 7.84. The third-order valence-corrected chi connectivity index (χ3v) is 4.53. The predicted molar refractivity (Wildman–Crippen MR) is 74.6 cm³/mol. The first kappa shape index (κ1) is 13.8. The minimum Gasteiger partial charge on any atom is -0.305 e. The van der Waals surface area contributed by atoms with Gasteiger partial charge in [-0.1, -0.05) is 6.42 Å². The Morgan fingerprint density at radius 1 is 1.39 bits per heavy atom. The zero-order valence-corrected chi connectivity index (χ0v) is 12.5. The smallest absolute Gasteiger partial charge is 0.165 e. The first-order chi connectivity index (χ1) is 8.51. The second-order valence-corrected chi connectivity index (χ2v) is 6.99. The lowest BCUT2D eigenvalue weighted by molar-refractivity contribution is 0.389. The van der Waals surface area contributed by atoms with E-state index in [2.05, 4.69) is 47.9 Å². The van der Waals surface area contributed by atoms with Crippen LogP contribution < -0.4 is 5.32 Å². The molecule has 18 heavy (non-hydrogen) atoms. The van der Waals surface area contributed by atoms with Crippen molar-refractivity contribution >= 4 is 11.8 Å². The molecular formula is C12H23N5S. The van der Waals surface area contributed by atoms with Crippen molar-refractivity contribution in [3.05, 3.63) is 5.82 Å². The van der Waals surface area contributed by atoms with Gasteiger partial charge in [0.2, 0.25) is 0 Å². The van der Waals surface area contributed by atoms with Gasteiger partial charge in [-0.05, 0) is 50.3 Å². The van der Waals surface area contributed by atoms with Crippen molar-refractivity contribution < 1.29 is 0 Å². The summed E-state index contributed by atoms with van der Waals surface area (Å²) in [6.45, 7) is 7.19. The Bertz CT molecular complexity index is 384. The molecule has 1 aliphatic rings. The van der Waals surface area contributed by atoms with E-state index in [4.69, 9.17) is 0 Å². The number of hydrogen-bond acceptors (Lipinski definition) is 5. The normalized spacial score (nSPS) is 24.7. The van der Waals surface area contributed by atoms with Crippen molar-refractivity contribution in [2.24, 2.45) is 0 Å². The number of nitrogens with zero attached hydrogens (tertiary/aromatic N) is 4. The molecule has 1 aromatic rings. The molecule has 0 amide bonds. The lowest BCUT2D eigenvalue weighted by Gasteiger charge is -2.22. The average molecular weight is 269 g/mol. The summed E-state index contributed by atoms with van der Waals surface area (Å²) in [5.41, 5.74) is 0.0887. The standard InChI is InChI=1S/C12H23N5S/c1-12(2,3)13-8-11-14-15-16-17(11)9-6-5-7-10(9)18-4/h9-10,13H,5-8H2,1-4H3. The molecule has 6 heteroatoms. The summed E-state index contributed by atoms with van der Waals surface area (Å²) >= 11 is 1.93. The van der Waals surface area contributed by atoms with Gasteiger partial charge in [0.1, 0.15) is 0 Å². The van der Waals surface area contributed by atoms with Crippen LogP contribution in [0.4, 0.5) is 0 Å². The van der Waals surface area contributed by atoms with E-state index in [0.29, 0.717) is 11.3 Å². The van der Waals surface area contributed by atoms with Crippen molar-refractivity contribution in [3.8, 4) is 0 Å². The molecule has 102 valence electrons. The molecule has 1 heterocycles. The minimum atomic E-state index is 0.0887. The average Bonchev–Trinajstić information content (AvgIpc) is 2.93. The van der Waals surface area contributed by atoms with Gasteiger partial charge in [-0.3, -0.25) is 0 Å². The van der Waals surface area contributed by atoms with Gasteiger partial charge >= 0.3 is 0 Å². The molecule has 1 saturated carbocycles. The van der Waals surface area contributed by atoms with Crippen molar-refractivity contribution in [1.29, 1.82) is 0 Å². The summed E-state index contributed by atoms with van der Waals surface area (Å²) in [7, 11) is 0. The Morgan fingerprint density at radius 3 is 2.83 bits per heavy atom. The fourth-order valence-corrected chi connectivity index (χ4v) is 3.36. The summed E-state index contributed by atoms with van der Waals surface area (Å²) in [5, 5.41) is 16.3. The summed E-state index contributed by atoms with van der Waals surface area (Å²) in [6, 6.07) is 0.465. The van der Waals surface area contributed by atoms with Gasteiger partial charge in [-0.2, -0.15) is 11.8 Å². The maximum atomic E-state index is 4.20. The summed E-state index contributed by atoms with van der Waals surface area (Å²) < 4.78 is 2.03. The fourth-order valence-electron chi connectivity index (χ4n) is 2.39. The molecule has 1 aliphatic carbocycles. The highest BCUT2D eigenvalue weighted by atomic mass is 32.2. The Balaban J connectivity index is 2.07. The molecule has 2 rings (SSSR count). The number of rotatable bonds is 4. The molecule has 0 saturated heterocycles. The molecule has 0 bridgehead atoms. The topological polar surface area (TPSA) is 55.6 Å². The first-order valence-electron chi connectivity index (χ1n) is 6.56. The molecule has 0 aromatic carbocycles. The van der Waals surface area contributed by atoms with E-state index in [1.165, 1.54) is 19.3 Å². The highest BCUT2D eigenvalue weighted by Crippen LogP contribution is 2.37. The van der Waals surface area contributed by atoms with E-state index >= 15 is 0 Å². The van der Waals surface area contributed by atoms with Crippen LogP contribution in [0.2, 0.25) is 0 Å². The van der Waals surface area contributed by atoms with Crippen LogP contribution in [0, 0.1) is 0 Å². The zero-order chi connectivity index (χ0) is 13.2. The largest absolute Gasteiger partial charge is 0.305 e. The number of tetrazole rings is 1. The summed E-state index contributed by atoms with van der Waals surface area (Å²) in [6.07, 6.45) is 5.93. The molecule has 2 unspecified atom stereocenters. The molecule has 0 radical (unpaired) electrons. The number of aromatic nitrogens is 4. The number of hydrogen-bond donors (Lipinski definition) is 1. The third-order valence-electron chi connectivity index (χ3n) is 3.37. The Kier molecular flexibility index (Phi) is 4.27. The molecule has 1 N–H and O–H groups in total. The monoisotopic (exact) mass is 269 g/mol. The predicted octanol–water partition coefficient (Wildman–Crippen LogP) is 2.02. The van der Waals surface area contributed by atoms with Crippen LogP contribution in [-0.2, 0) is 6.54 Å². The Labute approximate surface area is 113 Å². The van der Waals surface area contributed by atoms with Gasteiger partial charge in [0.05, 0.1) is 12.6 Å². The Hall–Kier alpha value is -0.620. The van der Waals surface area contributed by atoms with E-state index in [9.17, 15) is 0 Å². The van der Waals surface area contributed by atoms with E-state index in [-0.39, 0.29) is 5.54 Å². The maximum absolute atomic E-state index is 4.20. The highest BCUT2D eigenvalue weighted by Gasteiger charge is 2.30. The fraction of sp³-hybridized carbons (Fsp3) is 0.917. The quantitative estimate of drug-likeness (QED) is 0.906. The molecule has 2 atom stereocenters. The van der Waals surface area contributed by atoms with E-state index < -0.39 is 0 Å². The van der Waals surface area contributed by atoms with Crippen LogP contribution in [0.3, 0.4) is 0 Å². The molecular weight excluding hydrogens is 246 g/mol. The van der Waals surface area contributed by atoms with Crippen LogP contribution in [0.25, 0.3) is 0 Å². The van der Waals surface area contributed by atoms with E-state index in [0.717, 1.165) is 12.4 Å².